The topological polar surface area (TPSA) is 74.3 Å². The number of nitrogens with zero attached hydrogens (tertiary/aromatic N) is 5. The second kappa shape index (κ2) is 7.07. The number of aromatic nitrogens is 5. The molecule has 0 amide bonds. The Labute approximate surface area is 170 Å². The van der Waals surface area contributed by atoms with Gasteiger partial charge in [-0.25, -0.2) is 4.98 Å². The van der Waals surface area contributed by atoms with Crippen LogP contribution in [-0.2, 0) is 13.0 Å². The molecule has 0 spiro atoms. The highest BCUT2D eigenvalue weighted by Crippen LogP contribution is 2.26. The van der Waals surface area contributed by atoms with Crippen LogP contribution in [0.1, 0.15) is 24.0 Å². The van der Waals surface area contributed by atoms with Gasteiger partial charge in [-0.2, -0.15) is 4.98 Å². The van der Waals surface area contributed by atoms with Crippen LogP contribution in [0.3, 0.4) is 0 Å². The molecular formula is C19H17Cl2N5O2. The largest absolute Gasteiger partial charge is 0.481 e. The monoisotopic (exact) mass is 417 g/mol. The third kappa shape index (κ3) is 2.82. The van der Waals surface area contributed by atoms with Gasteiger partial charge in [0.25, 0.3) is 5.56 Å². The predicted octanol–water partition coefficient (Wildman–Crippen LogP) is 3.67. The van der Waals surface area contributed by atoms with Gasteiger partial charge in [-0.3, -0.25) is 18.7 Å². The summed E-state index contributed by atoms with van der Waals surface area (Å²) in [4.78, 5) is 26.6. The summed E-state index contributed by atoms with van der Waals surface area (Å²) >= 11 is 12.6. The first kappa shape index (κ1) is 18.7. The number of imidazole rings is 1. The Bertz CT molecular complexity index is 1260. The van der Waals surface area contributed by atoms with Crippen LogP contribution < -0.4 is 10.3 Å². The van der Waals surface area contributed by atoms with Gasteiger partial charge in [0.15, 0.2) is 5.65 Å². The van der Waals surface area contributed by atoms with Gasteiger partial charge in [0.05, 0.1) is 34.9 Å². The van der Waals surface area contributed by atoms with E-state index in [0.29, 0.717) is 50.3 Å². The van der Waals surface area contributed by atoms with Gasteiger partial charge < -0.3 is 4.74 Å². The molecule has 28 heavy (non-hydrogen) atoms. The van der Waals surface area contributed by atoms with Gasteiger partial charge in [0.2, 0.25) is 5.88 Å². The third-order valence-corrected chi connectivity index (χ3v) is 5.35. The Kier molecular flexibility index (Phi) is 4.72. The minimum absolute atomic E-state index is 0.187. The van der Waals surface area contributed by atoms with Crippen LogP contribution in [0.25, 0.3) is 16.7 Å². The van der Waals surface area contributed by atoms with Crippen LogP contribution in [0.15, 0.2) is 29.3 Å². The summed E-state index contributed by atoms with van der Waals surface area (Å²) in [5.41, 5.74) is 2.78. The molecule has 0 saturated carbocycles. The molecule has 0 aliphatic rings. The zero-order valence-corrected chi connectivity index (χ0v) is 17.0. The molecule has 4 aromatic heterocycles. The maximum Gasteiger partial charge on any atom is 0.277 e. The molecule has 4 heterocycles. The fourth-order valence-corrected chi connectivity index (χ4v) is 3.84. The van der Waals surface area contributed by atoms with Gasteiger partial charge in [-0.1, -0.05) is 30.1 Å². The highest BCUT2D eigenvalue weighted by molar-refractivity contribution is 6.35. The summed E-state index contributed by atoms with van der Waals surface area (Å²) in [6.07, 6.45) is 3.68. The second-order valence-electron chi connectivity index (χ2n) is 6.32. The average Bonchev–Trinajstić information content (AvgIpc) is 3.03. The molecule has 0 aromatic carbocycles. The van der Waals surface area contributed by atoms with E-state index in [0.717, 1.165) is 5.82 Å². The van der Waals surface area contributed by atoms with Crippen LogP contribution in [0.5, 0.6) is 5.88 Å². The number of fused-ring (bicyclic) bond motifs is 3. The quantitative estimate of drug-likeness (QED) is 0.506. The molecule has 7 nitrogen and oxygen atoms in total. The SMILES string of the molecule is CCc1nc(C)c2c(=O)n(Cc3c(Cl)cncc3Cl)c3ccc(OC)nc3n12. The molecule has 4 aromatic rings. The molecule has 0 fully saturated rings. The van der Waals surface area contributed by atoms with E-state index in [1.165, 1.54) is 12.4 Å². The van der Waals surface area contributed by atoms with Crippen molar-refractivity contribution in [1.29, 1.82) is 0 Å². The lowest BCUT2D eigenvalue weighted by Crippen LogP contribution is -2.25. The number of rotatable bonds is 4. The van der Waals surface area contributed by atoms with Gasteiger partial charge in [-0.15, -0.1) is 0 Å². The molecule has 4 rings (SSSR count). The lowest BCUT2D eigenvalue weighted by atomic mass is 10.2. The molecule has 0 aliphatic carbocycles. The van der Waals surface area contributed by atoms with Crippen molar-refractivity contribution in [2.24, 2.45) is 0 Å². The first-order chi connectivity index (χ1) is 13.5. The number of aryl methyl sites for hydroxylation is 2. The summed E-state index contributed by atoms with van der Waals surface area (Å²) in [6.45, 7) is 3.99. The molecule has 0 saturated heterocycles. The zero-order chi connectivity index (χ0) is 20.0. The van der Waals surface area contributed by atoms with Crippen molar-refractivity contribution in [2.75, 3.05) is 7.11 Å². The number of hydrogen-bond donors (Lipinski definition) is 0. The number of halogens is 2. The first-order valence-electron chi connectivity index (χ1n) is 8.69. The Morgan fingerprint density at radius 3 is 2.50 bits per heavy atom. The van der Waals surface area contributed by atoms with Crippen LogP contribution in [0.2, 0.25) is 10.0 Å². The van der Waals surface area contributed by atoms with E-state index in [9.17, 15) is 4.79 Å². The molecule has 0 radical (unpaired) electrons. The van der Waals surface area contributed by atoms with E-state index < -0.39 is 0 Å². The van der Waals surface area contributed by atoms with Crippen LogP contribution in [0.4, 0.5) is 0 Å². The number of hydrogen-bond acceptors (Lipinski definition) is 5. The summed E-state index contributed by atoms with van der Waals surface area (Å²) in [7, 11) is 1.55. The summed E-state index contributed by atoms with van der Waals surface area (Å²) in [6, 6.07) is 3.52. The molecule has 0 N–H and O–H groups in total. The van der Waals surface area contributed by atoms with Crippen LogP contribution in [0, 0.1) is 6.92 Å². The van der Waals surface area contributed by atoms with Crippen molar-refractivity contribution in [3.63, 3.8) is 0 Å². The second-order valence-corrected chi connectivity index (χ2v) is 7.13. The fraction of sp³-hybridized carbons (Fsp3) is 0.263. The highest BCUT2D eigenvalue weighted by Gasteiger charge is 2.20. The van der Waals surface area contributed by atoms with Crippen molar-refractivity contribution in [2.45, 2.75) is 26.8 Å². The smallest absolute Gasteiger partial charge is 0.277 e. The van der Waals surface area contributed by atoms with Gasteiger partial charge in [-0.05, 0) is 13.0 Å². The summed E-state index contributed by atoms with van der Waals surface area (Å²) < 4.78 is 8.71. The minimum atomic E-state index is -0.187. The van der Waals surface area contributed by atoms with E-state index in [-0.39, 0.29) is 12.1 Å². The Morgan fingerprint density at radius 1 is 1.14 bits per heavy atom. The number of methoxy groups -OCH3 is 1. The Balaban J connectivity index is 2.12. The molecule has 9 heteroatoms. The lowest BCUT2D eigenvalue weighted by molar-refractivity contribution is 0.399. The number of ether oxygens (including phenoxy) is 1. The predicted molar refractivity (Wildman–Crippen MR) is 109 cm³/mol. The van der Waals surface area contributed by atoms with Crippen molar-refractivity contribution in [3.05, 3.63) is 62.0 Å². The van der Waals surface area contributed by atoms with Crippen molar-refractivity contribution < 1.29 is 4.74 Å². The molecule has 0 bridgehead atoms. The van der Waals surface area contributed by atoms with Gasteiger partial charge >= 0.3 is 0 Å². The molecule has 0 atom stereocenters. The lowest BCUT2D eigenvalue weighted by Gasteiger charge is -2.15. The fourth-order valence-electron chi connectivity index (χ4n) is 3.36. The average molecular weight is 418 g/mol. The first-order valence-corrected chi connectivity index (χ1v) is 9.45. The highest BCUT2D eigenvalue weighted by atomic mass is 35.5. The molecule has 0 aliphatic heterocycles. The van der Waals surface area contributed by atoms with Crippen molar-refractivity contribution >= 4 is 39.9 Å². The maximum absolute atomic E-state index is 13.4. The van der Waals surface area contributed by atoms with E-state index in [1.807, 2.05) is 18.2 Å². The van der Waals surface area contributed by atoms with Crippen LogP contribution >= 0.6 is 23.2 Å². The summed E-state index contributed by atoms with van der Waals surface area (Å²) in [5, 5.41) is 0.793. The van der Waals surface area contributed by atoms with E-state index in [2.05, 4.69) is 15.0 Å². The molecule has 0 unspecified atom stereocenters. The van der Waals surface area contributed by atoms with Gasteiger partial charge in [0.1, 0.15) is 11.3 Å². The molecular weight excluding hydrogens is 401 g/mol. The summed E-state index contributed by atoms with van der Waals surface area (Å²) in [5.74, 6) is 1.22. The zero-order valence-electron chi connectivity index (χ0n) is 15.5. The Morgan fingerprint density at radius 2 is 1.86 bits per heavy atom. The van der Waals surface area contributed by atoms with Crippen LogP contribution in [-0.4, -0.2) is 31.0 Å². The normalized spacial score (nSPS) is 11.5. The number of pyridine rings is 2. The van der Waals surface area contributed by atoms with E-state index >= 15 is 0 Å². The van der Waals surface area contributed by atoms with E-state index in [4.69, 9.17) is 27.9 Å². The van der Waals surface area contributed by atoms with Crippen molar-refractivity contribution in [1.82, 2.24) is 23.9 Å². The van der Waals surface area contributed by atoms with E-state index in [1.54, 1.807) is 23.8 Å². The van der Waals surface area contributed by atoms with Gasteiger partial charge in [0, 0.05) is 30.4 Å². The molecule has 144 valence electrons. The van der Waals surface area contributed by atoms with Crippen molar-refractivity contribution in [3.8, 4) is 5.88 Å². The minimum Gasteiger partial charge on any atom is -0.481 e. The standard InChI is InChI=1S/C19H17Cl2N5O2/c1-4-15-23-10(2)17-19(27)25(9-11-12(20)7-22-8-13(11)21)14-5-6-16(28-3)24-18(14)26(15)17/h5-8H,4,9H2,1-3H3. The Hall–Kier alpha value is -2.64. The maximum atomic E-state index is 13.4. The third-order valence-electron chi connectivity index (χ3n) is 4.69.